The largest absolute Gasteiger partial charge is 0.391 e. The van der Waals surface area contributed by atoms with E-state index in [0.717, 1.165) is 23.4 Å². The number of hydrogen-bond acceptors (Lipinski definition) is 4. The Morgan fingerprint density at radius 2 is 1.96 bits per heavy atom. The molecule has 0 bridgehead atoms. The lowest BCUT2D eigenvalue weighted by Crippen LogP contribution is -2.30. The third-order valence-corrected chi connectivity index (χ3v) is 4.40. The van der Waals surface area contributed by atoms with Crippen LogP contribution in [0.3, 0.4) is 0 Å². The fraction of sp³-hybridized carbons (Fsp3) is 0.389. The van der Waals surface area contributed by atoms with Gasteiger partial charge in [-0.3, -0.25) is 14.8 Å². The number of rotatable bonds is 3. The van der Waals surface area contributed by atoms with Gasteiger partial charge in [0.25, 0.3) is 5.91 Å². The zero-order chi connectivity index (χ0) is 16.4. The summed E-state index contributed by atoms with van der Waals surface area (Å²) in [6, 6.07) is 7.57. The lowest BCUT2D eigenvalue weighted by atomic mass is 9.97. The molecule has 120 valence electrons. The highest BCUT2D eigenvalue weighted by molar-refractivity contribution is 5.95. The Kier molecular flexibility index (Phi) is 4.39. The van der Waals surface area contributed by atoms with Crippen molar-refractivity contribution in [2.24, 2.45) is 5.92 Å². The second-order valence-corrected chi connectivity index (χ2v) is 6.18. The highest BCUT2D eigenvalue weighted by Crippen LogP contribution is 2.23. The number of pyridine rings is 2. The Hall–Kier alpha value is -2.27. The van der Waals surface area contributed by atoms with E-state index in [1.165, 1.54) is 0 Å². The fourth-order valence-electron chi connectivity index (χ4n) is 3.13. The van der Waals surface area contributed by atoms with Gasteiger partial charge in [-0.15, -0.1) is 0 Å². The number of aromatic nitrogens is 2. The molecule has 1 fully saturated rings. The number of aliphatic hydroxyl groups excluding tert-OH is 1. The highest BCUT2D eigenvalue weighted by Gasteiger charge is 2.34. The molecule has 1 amide bonds. The van der Waals surface area contributed by atoms with Gasteiger partial charge in [-0.2, -0.15) is 0 Å². The third-order valence-electron chi connectivity index (χ3n) is 4.40. The summed E-state index contributed by atoms with van der Waals surface area (Å²) in [6.45, 7) is 4.70. The van der Waals surface area contributed by atoms with Crippen LogP contribution in [0.4, 0.5) is 0 Å². The van der Waals surface area contributed by atoms with Crippen LogP contribution < -0.4 is 0 Å². The van der Waals surface area contributed by atoms with Crippen LogP contribution in [0, 0.1) is 19.8 Å². The number of carbonyl (C=O) groups excluding carboxylic acids is 1. The number of likely N-dealkylation sites (tertiary alicyclic amines) is 1. The molecule has 1 N–H and O–H groups in total. The minimum atomic E-state index is -0.495. The van der Waals surface area contributed by atoms with E-state index >= 15 is 0 Å². The monoisotopic (exact) mass is 311 g/mol. The standard InChI is InChI=1S/C18H21N3O2/c1-12-3-4-16(13(2)20-12)18(23)21-10-15(17(22)11-21)9-14-5-7-19-8-6-14/h3-8,15,17,22H,9-11H2,1-2H3/t15-,17-/m1/s1. The molecule has 0 radical (unpaired) electrons. The van der Waals surface area contributed by atoms with Gasteiger partial charge < -0.3 is 10.0 Å². The van der Waals surface area contributed by atoms with Gasteiger partial charge in [0, 0.05) is 37.1 Å². The number of amides is 1. The number of aryl methyl sites for hydroxylation is 2. The van der Waals surface area contributed by atoms with Crippen molar-refractivity contribution in [3.05, 3.63) is 59.2 Å². The van der Waals surface area contributed by atoms with Crippen molar-refractivity contribution in [3.8, 4) is 0 Å². The maximum atomic E-state index is 12.7. The van der Waals surface area contributed by atoms with E-state index in [9.17, 15) is 9.90 Å². The first kappa shape index (κ1) is 15.6. The number of hydrogen-bond donors (Lipinski definition) is 1. The van der Waals surface area contributed by atoms with Crippen LogP contribution in [0.5, 0.6) is 0 Å². The van der Waals surface area contributed by atoms with Crippen LogP contribution in [-0.4, -0.2) is 45.1 Å². The first-order chi connectivity index (χ1) is 11.0. The van der Waals surface area contributed by atoms with Crippen LogP contribution in [-0.2, 0) is 6.42 Å². The Morgan fingerprint density at radius 1 is 1.22 bits per heavy atom. The third kappa shape index (κ3) is 3.40. The van der Waals surface area contributed by atoms with E-state index in [-0.39, 0.29) is 11.8 Å². The maximum absolute atomic E-state index is 12.7. The van der Waals surface area contributed by atoms with E-state index in [1.807, 2.05) is 38.1 Å². The van der Waals surface area contributed by atoms with Crippen molar-refractivity contribution in [2.75, 3.05) is 13.1 Å². The minimum Gasteiger partial charge on any atom is -0.391 e. The molecule has 1 aliphatic rings. The van der Waals surface area contributed by atoms with Gasteiger partial charge in [0.05, 0.1) is 17.4 Å². The summed E-state index contributed by atoms with van der Waals surface area (Å²) in [6.07, 6.45) is 3.76. The predicted molar refractivity (Wildman–Crippen MR) is 87.1 cm³/mol. The predicted octanol–water partition coefficient (Wildman–Crippen LogP) is 1.77. The summed E-state index contributed by atoms with van der Waals surface area (Å²) in [4.78, 5) is 22.8. The van der Waals surface area contributed by atoms with Crippen molar-refractivity contribution in [3.63, 3.8) is 0 Å². The van der Waals surface area contributed by atoms with Gasteiger partial charge >= 0.3 is 0 Å². The lowest BCUT2D eigenvalue weighted by Gasteiger charge is -2.17. The van der Waals surface area contributed by atoms with E-state index < -0.39 is 6.10 Å². The molecule has 5 nitrogen and oxygen atoms in total. The molecule has 1 saturated heterocycles. The molecule has 5 heteroatoms. The zero-order valence-corrected chi connectivity index (χ0v) is 13.4. The molecule has 2 aromatic heterocycles. The van der Waals surface area contributed by atoms with Crippen molar-refractivity contribution in [1.29, 1.82) is 0 Å². The Bertz CT molecular complexity index is 703. The van der Waals surface area contributed by atoms with Crippen LogP contribution in [0.15, 0.2) is 36.7 Å². The summed E-state index contributed by atoms with van der Waals surface area (Å²) in [7, 11) is 0. The molecule has 0 saturated carbocycles. The summed E-state index contributed by atoms with van der Waals surface area (Å²) < 4.78 is 0. The number of carbonyl (C=O) groups is 1. The summed E-state index contributed by atoms with van der Waals surface area (Å²) in [5.41, 5.74) is 3.39. The summed E-state index contributed by atoms with van der Waals surface area (Å²) >= 11 is 0. The van der Waals surface area contributed by atoms with Gasteiger partial charge in [0.1, 0.15) is 0 Å². The normalized spacial score (nSPS) is 20.7. The molecule has 0 spiro atoms. The SMILES string of the molecule is Cc1ccc(C(=O)N2C[C@@H](Cc3ccncc3)[C@H](O)C2)c(C)n1. The quantitative estimate of drug-likeness (QED) is 0.938. The maximum Gasteiger partial charge on any atom is 0.255 e. The Morgan fingerprint density at radius 3 is 2.65 bits per heavy atom. The van der Waals surface area contributed by atoms with E-state index in [1.54, 1.807) is 17.3 Å². The van der Waals surface area contributed by atoms with Crippen LogP contribution in [0.2, 0.25) is 0 Å². The van der Waals surface area contributed by atoms with Crippen LogP contribution in [0.25, 0.3) is 0 Å². The second kappa shape index (κ2) is 6.46. The number of aliphatic hydroxyl groups is 1. The fourth-order valence-corrected chi connectivity index (χ4v) is 3.13. The molecular weight excluding hydrogens is 290 g/mol. The van der Waals surface area contributed by atoms with E-state index in [4.69, 9.17) is 0 Å². The Labute approximate surface area is 136 Å². The van der Waals surface area contributed by atoms with Gasteiger partial charge in [-0.25, -0.2) is 0 Å². The highest BCUT2D eigenvalue weighted by atomic mass is 16.3. The van der Waals surface area contributed by atoms with E-state index in [0.29, 0.717) is 18.7 Å². The van der Waals surface area contributed by atoms with Crippen molar-refractivity contribution < 1.29 is 9.90 Å². The molecule has 0 aliphatic carbocycles. The number of β-amino-alcohol motifs (C(OH)–C–C–N with tert-alkyl or cyclic N) is 1. The summed E-state index contributed by atoms with van der Waals surface area (Å²) in [5, 5.41) is 10.3. The van der Waals surface area contributed by atoms with Gasteiger partial charge in [-0.05, 0) is 50.1 Å². The zero-order valence-electron chi connectivity index (χ0n) is 13.4. The average Bonchev–Trinajstić information content (AvgIpc) is 2.89. The van der Waals surface area contributed by atoms with Crippen LogP contribution >= 0.6 is 0 Å². The number of nitrogens with zero attached hydrogens (tertiary/aromatic N) is 3. The van der Waals surface area contributed by atoms with Crippen molar-refractivity contribution in [1.82, 2.24) is 14.9 Å². The molecule has 23 heavy (non-hydrogen) atoms. The molecule has 3 heterocycles. The molecule has 0 aromatic carbocycles. The topological polar surface area (TPSA) is 66.3 Å². The second-order valence-electron chi connectivity index (χ2n) is 6.18. The molecule has 3 rings (SSSR count). The van der Waals surface area contributed by atoms with Crippen molar-refractivity contribution in [2.45, 2.75) is 26.4 Å². The minimum absolute atomic E-state index is 0.0497. The summed E-state index contributed by atoms with van der Waals surface area (Å²) in [5.74, 6) is 0.00587. The smallest absolute Gasteiger partial charge is 0.255 e. The molecule has 1 aliphatic heterocycles. The average molecular weight is 311 g/mol. The van der Waals surface area contributed by atoms with Gasteiger partial charge in [0.15, 0.2) is 0 Å². The molecule has 0 unspecified atom stereocenters. The van der Waals surface area contributed by atoms with Gasteiger partial charge in [0.2, 0.25) is 0 Å². The van der Waals surface area contributed by atoms with Gasteiger partial charge in [-0.1, -0.05) is 0 Å². The van der Waals surface area contributed by atoms with Crippen LogP contribution in [0.1, 0.15) is 27.3 Å². The molecule has 2 atom stereocenters. The first-order valence-electron chi connectivity index (χ1n) is 7.85. The lowest BCUT2D eigenvalue weighted by molar-refractivity contribution is 0.0763. The molecule has 2 aromatic rings. The molecular formula is C18H21N3O2. The van der Waals surface area contributed by atoms with Crippen molar-refractivity contribution >= 4 is 5.91 Å². The Balaban J connectivity index is 1.71. The first-order valence-corrected chi connectivity index (χ1v) is 7.85. The van der Waals surface area contributed by atoms with E-state index in [2.05, 4.69) is 9.97 Å².